The van der Waals surface area contributed by atoms with Crippen LogP contribution >= 0.6 is 0 Å². The highest BCUT2D eigenvalue weighted by Gasteiger charge is 2.37. The molecule has 0 bridgehead atoms. The van der Waals surface area contributed by atoms with Crippen molar-refractivity contribution in [3.05, 3.63) is 92.1 Å². The largest absolute Gasteiger partial charge is 0.453 e. The zero-order valence-electron chi connectivity index (χ0n) is 19.1. The number of carbonyl (C=O) groups is 2. The number of nitrogen functional groups attached to an aromatic ring is 1. The topological polar surface area (TPSA) is 127 Å². The predicted molar refractivity (Wildman–Crippen MR) is 130 cm³/mol. The van der Waals surface area contributed by atoms with Gasteiger partial charge in [0.1, 0.15) is 11.9 Å². The first-order valence-electron chi connectivity index (χ1n) is 11.7. The molecule has 0 spiro atoms. The summed E-state index contributed by atoms with van der Waals surface area (Å²) in [5.74, 6) is -0.917. The number of fused-ring (bicyclic) bond motifs is 1. The maximum atomic E-state index is 13.7. The van der Waals surface area contributed by atoms with Crippen LogP contribution in [0, 0.1) is 0 Å². The number of nitrogens with two attached hydrogens (primary N) is 1. The Morgan fingerprint density at radius 3 is 2.46 bits per heavy atom. The Morgan fingerprint density at radius 1 is 1.03 bits per heavy atom. The summed E-state index contributed by atoms with van der Waals surface area (Å²) < 4.78 is 6.74. The molecule has 1 amide bonds. The molecule has 9 nitrogen and oxygen atoms in total. The zero-order valence-corrected chi connectivity index (χ0v) is 19.1. The Morgan fingerprint density at radius 2 is 1.71 bits per heavy atom. The zero-order chi connectivity index (χ0) is 24.5. The van der Waals surface area contributed by atoms with E-state index in [1.54, 1.807) is 24.3 Å². The van der Waals surface area contributed by atoms with E-state index in [1.165, 1.54) is 9.47 Å². The highest BCUT2D eigenvalue weighted by molar-refractivity contribution is 5.99. The van der Waals surface area contributed by atoms with E-state index in [0.29, 0.717) is 24.0 Å². The normalized spacial score (nSPS) is 17.3. The number of H-pyrrole nitrogens is 1. The van der Waals surface area contributed by atoms with Gasteiger partial charge < -0.3 is 15.4 Å². The van der Waals surface area contributed by atoms with Crippen LogP contribution in [0.5, 0.6) is 0 Å². The van der Waals surface area contributed by atoms with Gasteiger partial charge in [0, 0.05) is 11.6 Å². The monoisotopic (exact) mass is 474 g/mol. The first-order valence-corrected chi connectivity index (χ1v) is 11.7. The second kappa shape index (κ2) is 9.25. The van der Waals surface area contributed by atoms with Crippen molar-refractivity contribution in [1.29, 1.82) is 0 Å². The average molecular weight is 475 g/mol. The van der Waals surface area contributed by atoms with Gasteiger partial charge in [0.05, 0.1) is 18.5 Å². The molecule has 1 saturated carbocycles. The summed E-state index contributed by atoms with van der Waals surface area (Å²) in [6.45, 7) is 0.148. The molecular weight excluding hydrogens is 448 g/mol. The van der Waals surface area contributed by atoms with Crippen LogP contribution in [0.3, 0.4) is 0 Å². The molecule has 0 radical (unpaired) electrons. The minimum atomic E-state index is -0.745. The van der Waals surface area contributed by atoms with Crippen molar-refractivity contribution in [3.8, 4) is 0 Å². The first kappa shape index (κ1) is 22.6. The number of benzene rings is 2. The van der Waals surface area contributed by atoms with E-state index in [0.717, 1.165) is 18.4 Å². The molecule has 3 N–H and O–H groups in total. The number of aromatic amines is 1. The van der Waals surface area contributed by atoms with E-state index in [-0.39, 0.29) is 36.4 Å². The summed E-state index contributed by atoms with van der Waals surface area (Å²) in [5, 5.41) is 0. The highest BCUT2D eigenvalue weighted by atomic mass is 16.5. The summed E-state index contributed by atoms with van der Waals surface area (Å²) in [7, 11) is 0. The Kier molecular flexibility index (Phi) is 5.98. The molecule has 1 aliphatic carbocycles. The summed E-state index contributed by atoms with van der Waals surface area (Å²) in [6.07, 6.45) is 2.38. The summed E-state index contributed by atoms with van der Waals surface area (Å²) >= 11 is 0. The molecule has 2 heterocycles. The average Bonchev–Trinajstić information content (AvgIpc) is 3.49. The van der Waals surface area contributed by atoms with E-state index in [4.69, 9.17) is 10.5 Å². The van der Waals surface area contributed by atoms with Crippen LogP contribution in [-0.4, -0.2) is 27.5 Å². The van der Waals surface area contributed by atoms with Crippen LogP contribution in [0.15, 0.2) is 64.2 Å². The molecule has 180 valence electrons. The first-order chi connectivity index (χ1) is 16.9. The highest BCUT2D eigenvalue weighted by Crippen LogP contribution is 2.36. The Bertz CT molecular complexity index is 1390. The molecule has 0 saturated heterocycles. The molecule has 35 heavy (non-hydrogen) atoms. The minimum absolute atomic E-state index is 0.0324. The summed E-state index contributed by atoms with van der Waals surface area (Å²) in [4.78, 5) is 55.4. The van der Waals surface area contributed by atoms with Gasteiger partial charge >= 0.3 is 11.7 Å². The number of nitrogens with one attached hydrogen (secondary N) is 1. The second-order valence-corrected chi connectivity index (χ2v) is 8.95. The van der Waals surface area contributed by atoms with E-state index in [2.05, 4.69) is 4.98 Å². The van der Waals surface area contributed by atoms with Crippen molar-refractivity contribution in [2.45, 2.75) is 50.8 Å². The quantitative estimate of drug-likeness (QED) is 0.529. The van der Waals surface area contributed by atoms with Gasteiger partial charge in [-0.2, -0.15) is 0 Å². The molecular formula is C26H26N4O5. The standard InChI is InChI=1S/C26H26N4O5/c27-23-22(24(32)28-26(34)29(23)15-16-8-2-1-3-9-16)30(17-10-4-5-11-17)21(31)14-20-18-12-6-7-13-19(18)25(33)35-20/h1-3,6-9,12-13,17,20H,4-5,10-11,14-15,27H2,(H,28,32,34)/t20-/m0/s1. The van der Waals surface area contributed by atoms with E-state index in [1.807, 2.05) is 30.3 Å². The molecule has 9 heteroatoms. The number of aromatic nitrogens is 2. The number of anilines is 2. The number of nitrogens with zero attached hydrogens (tertiary/aromatic N) is 2. The number of rotatable bonds is 6. The lowest BCUT2D eigenvalue weighted by Crippen LogP contribution is -2.46. The third kappa shape index (κ3) is 4.25. The lowest BCUT2D eigenvalue weighted by Gasteiger charge is -2.30. The molecule has 1 aliphatic heterocycles. The molecule has 1 atom stereocenters. The maximum absolute atomic E-state index is 13.7. The number of esters is 1. The molecule has 0 unspecified atom stereocenters. The fraction of sp³-hybridized carbons (Fsp3) is 0.308. The van der Waals surface area contributed by atoms with Crippen molar-refractivity contribution in [3.63, 3.8) is 0 Å². The predicted octanol–water partition coefficient (Wildman–Crippen LogP) is 2.74. The number of cyclic esters (lactones) is 1. The van der Waals surface area contributed by atoms with Crippen LogP contribution in [0.4, 0.5) is 11.5 Å². The SMILES string of the molecule is Nc1c(N(C(=O)C[C@@H]2OC(=O)c3ccccc32)C2CCCC2)c(=O)[nH]c(=O)n1Cc1ccccc1. The molecule has 1 fully saturated rings. The second-order valence-electron chi connectivity index (χ2n) is 8.95. The molecule has 2 aliphatic rings. The fourth-order valence-corrected chi connectivity index (χ4v) is 5.03. The minimum Gasteiger partial charge on any atom is -0.453 e. The van der Waals surface area contributed by atoms with Gasteiger partial charge in [-0.25, -0.2) is 9.59 Å². The van der Waals surface area contributed by atoms with Crippen molar-refractivity contribution >= 4 is 23.4 Å². The number of hydrogen-bond acceptors (Lipinski definition) is 6. The number of carbonyl (C=O) groups excluding carboxylic acids is 2. The Labute approximate surface area is 201 Å². The number of ether oxygens (including phenoxy) is 1. The van der Waals surface area contributed by atoms with E-state index < -0.39 is 23.3 Å². The lowest BCUT2D eigenvalue weighted by molar-refractivity contribution is -0.121. The maximum Gasteiger partial charge on any atom is 0.339 e. The van der Waals surface area contributed by atoms with Gasteiger partial charge in [-0.05, 0) is 24.5 Å². The lowest BCUT2D eigenvalue weighted by atomic mass is 10.0. The summed E-state index contributed by atoms with van der Waals surface area (Å²) in [6, 6.07) is 16.0. The third-order valence-corrected chi connectivity index (χ3v) is 6.73. The van der Waals surface area contributed by atoms with Crippen LogP contribution in [0.1, 0.15) is 59.7 Å². The van der Waals surface area contributed by atoms with Gasteiger partial charge in [0.2, 0.25) is 5.91 Å². The molecule has 2 aromatic carbocycles. The van der Waals surface area contributed by atoms with Gasteiger partial charge in [-0.3, -0.25) is 19.1 Å². The van der Waals surface area contributed by atoms with Crippen LogP contribution in [0.25, 0.3) is 0 Å². The van der Waals surface area contributed by atoms with Crippen molar-refractivity contribution in [1.82, 2.24) is 9.55 Å². The molecule has 3 aromatic rings. The Hall–Kier alpha value is -4.14. The van der Waals surface area contributed by atoms with Crippen LogP contribution in [-0.2, 0) is 16.1 Å². The number of amides is 1. The van der Waals surface area contributed by atoms with Gasteiger partial charge in [-0.1, -0.05) is 61.4 Å². The fourth-order valence-electron chi connectivity index (χ4n) is 5.03. The van der Waals surface area contributed by atoms with Crippen molar-refractivity contribution in [2.75, 3.05) is 10.6 Å². The van der Waals surface area contributed by atoms with E-state index >= 15 is 0 Å². The van der Waals surface area contributed by atoms with Gasteiger partial charge in [0.25, 0.3) is 5.56 Å². The Balaban J connectivity index is 1.53. The van der Waals surface area contributed by atoms with Gasteiger partial charge in [-0.15, -0.1) is 0 Å². The van der Waals surface area contributed by atoms with E-state index in [9.17, 15) is 19.2 Å². The van der Waals surface area contributed by atoms with Crippen LogP contribution in [0.2, 0.25) is 0 Å². The smallest absolute Gasteiger partial charge is 0.339 e. The van der Waals surface area contributed by atoms with Crippen molar-refractivity contribution < 1.29 is 14.3 Å². The van der Waals surface area contributed by atoms with Crippen molar-refractivity contribution in [2.24, 2.45) is 0 Å². The molecule has 5 rings (SSSR count). The number of hydrogen-bond donors (Lipinski definition) is 2. The third-order valence-electron chi connectivity index (χ3n) is 6.73. The summed E-state index contributed by atoms with van der Waals surface area (Å²) in [5.41, 5.74) is 6.94. The van der Waals surface area contributed by atoms with Crippen LogP contribution < -0.4 is 21.9 Å². The molecule has 1 aromatic heterocycles. The van der Waals surface area contributed by atoms with Gasteiger partial charge in [0.15, 0.2) is 5.69 Å².